The lowest BCUT2D eigenvalue weighted by Gasteiger charge is -2.07. The summed E-state index contributed by atoms with van der Waals surface area (Å²) in [7, 11) is 0. The molecule has 0 aliphatic carbocycles. The highest BCUT2D eigenvalue weighted by molar-refractivity contribution is 5.82. The normalized spacial score (nSPS) is 10.7. The number of pyridine rings is 1. The molecule has 0 fully saturated rings. The first-order chi connectivity index (χ1) is 9.78. The Hall–Kier alpha value is -2.55. The second kappa shape index (κ2) is 5.21. The Morgan fingerprint density at radius 3 is 2.80 bits per heavy atom. The topological polar surface area (TPSA) is 30.0 Å². The lowest BCUT2D eigenvalue weighted by Crippen LogP contribution is -1.95. The van der Waals surface area contributed by atoms with Gasteiger partial charge in [-0.3, -0.25) is 9.78 Å². The molecule has 1 heterocycles. The van der Waals surface area contributed by atoms with E-state index in [0.717, 1.165) is 22.0 Å². The largest absolute Gasteiger partial charge is 0.298 e. The van der Waals surface area contributed by atoms with E-state index in [-0.39, 0.29) is 5.56 Å². The van der Waals surface area contributed by atoms with Crippen molar-refractivity contribution in [1.29, 1.82) is 0 Å². The number of rotatable bonds is 3. The second-order valence-electron chi connectivity index (χ2n) is 4.64. The smallest absolute Gasteiger partial charge is 0.153 e. The number of fused-ring (bicyclic) bond motifs is 1. The standard InChI is InChI=1S/C17H12FNO/c18-16-6-5-12(10-14(16)11-20)9-13-7-8-19-17-4-2-1-3-15(13)17/h1-8,10-11H,9H2. The van der Waals surface area contributed by atoms with Crippen LogP contribution >= 0.6 is 0 Å². The fourth-order valence-corrected chi connectivity index (χ4v) is 2.32. The van der Waals surface area contributed by atoms with Crippen molar-refractivity contribution in [3.63, 3.8) is 0 Å². The number of benzene rings is 2. The van der Waals surface area contributed by atoms with Crippen LogP contribution in [0.1, 0.15) is 21.5 Å². The zero-order valence-corrected chi connectivity index (χ0v) is 10.7. The number of aldehydes is 1. The summed E-state index contributed by atoms with van der Waals surface area (Å²) in [6, 6.07) is 14.5. The average molecular weight is 265 g/mol. The van der Waals surface area contributed by atoms with Crippen LogP contribution in [-0.4, -0.2) is 11.3 Å². The molecule has 1 aromatic heterocycles. The van der Waals surface area contributed by atoms with Gasteiger partial charge in [-0.2, -0.15) is 0 Å². The molecule has 0 unspecified atom stereocenters. The molecule has 0 spiro atoms. The van der Waals surface area contributed by atoms with Crippen molar-refractivity contribution in [2.24, 2.45) is 0 Å². The fraction of sp³-hybridized carbons (Fsp3) is 0.0588. The molecule has 20 heavy (non-hydrogen) atoms. The first kappa shape index (κ1) is 12.5. The van der Waals surface area contributed by atoms with Crippen molar-refractivity contribution < 1.29 is 9.18 Å². The third-order valence-electron chi connectivity index (χ3n) is 3.32. The summed E-state index contributed by atoms with van der Waals surface area (Å²) in [4.78, 5) is 15.1. The summed E-state index contributed by atoms with van der Waals surface area (Å²) in [5.74, 6) is -0.483. The first-order valence-corrected chi connectivity index (χ1v) is 6.34. The van der Waals surface area contributed by atoms with Gasteiger partial charge in [0.05, 0.1) is 11.1 Å². The Morgan fingerprint density at radius 1 is 1.10 bits per heavy atom. The molecule has 2 aromatic carbocycles. The summed E-state index contributed by atoms with van der Waals surface area (Å²) < 4.78 is 13.3. The SMILES string of the molecule is O=Cc1cc(Cc2ccnc3ccccc23)ccc1F. The number of nitrogens with zero attached hydrogens (tertiary/aromatic N) is 1. The molecule has 0 saturated carbocycles. The molecule has 0 aliphatic heterocycles. The number of hydrogen-bond acceptors (Lipinski definition) is 2. The van der Waals surface area contributed by atoms with E-state index in [2.05, 4.69) is 4.98 Å². The molecule has 3 aromatic rings. The van der Waals surface area contributed by atoms with E-state index in [9.17, 15) is 9.18 Å². The number of hydrogen-bond donors (Lipinski definition) is 0. The van der Waals surface area contributed by atoms with Gasteiger partial charge >= 0.3 is 0 Å². The molecule has 0 radical (unpaired) electrons. The minimum absolute atomic E-state index is 0.0980. The third kappa shape index (κ3) is 2.30. The molecule has 2 nitrogen and oxygen atoms in total. The van der Waals surface area contributed by atoms with E-state index < -0.39 is 5.82 Å². The van der Waals surface area contributed by atoms with Crippen molar-refractivity contribution in [2.45, 2.75) is 6.42 Å². The Kier molecular flexibility index (Phi) is 3.25. The first-order valence-electron chi connectivity index (χ1n) is 6.34. The van der Waals surface area contributed by atoms with Crippen LogP contribution in [0.2, 0.25) is 0 Å². The number of carbonyl (C=O) groups is 1. The molecule has 0 amide bonds. The van der Waals surface area contributed by atoms with Gasteiger partial charge in [0.15, 0.2) is 6.29 Å². The molecular formula is C17H12FNO. The van der Waals surface area contributed by atoms with E-state index in [1.165, 1.54) is 6.07 Å². The quantitative estimate of drug-likeness (QED) is 0.675. The molecule has 98 valence electrons. The Bertz CT molecular complexity index is 778. The van der Waals surface area contributed by atoms with Crippen LogP contribution in [-0.2, 0) is 6.42 Å². The zero-order chi connectivity index (χ0) is 13.9. The van der Waals surface area contributed by atoms with Gasteiger partial charge < -0.3 is 0 Å². The highest BCUT2D eigenvalue weighted by Gasteiger charge is 2.06. The number of carbonyl (C=O) groups excluding carboxylic acids is 1. The second-order valence-corrected chi connectivity index (χ2v) is 4.64. The van der Waals surface area contributed by atoms with Gasteiger partial charge in [-0.25, -0.2) is 4.39 Å². The van der Waals surface area contributed by atoms with Crippen LogP contribution < -0.4 is 0 Å². The lowest BCUT2D eigenvalue weighted by atomic mass is 10.00. The minimum atomic E-state index is -0.483. The Labute approximate surface area is 115 Å². The van der Waals surface area contributed by atoms with Crippen molar-refractivity contribution in [2.75, 3.05) is 0 Å². The third-order valence-corrected chi connectivity index (χ3v) is 3.32. The summed E-state index contributed by atoms with van der Waals surface area (Å²) in [6.07, 6.45) is 2.95. The molecule has 3 rings (SSSR count). The van der Waals surface area contributed by atoms with Gasteiger partial charge in [-0.05, 0) is 41.8 Å². The van der Waals surface area contributed by atoms with Gasteiger partial charge in [0.1, 0.15) is 5.82 Å². The Balaban J connectivity index is 2.03. The minimum Gasteiger partial charge on any atom is -0.298 e. The number of aromatic nitrogens is 1. The summed E-state index contributed by atoms with van der Waals surface area (Å²) >= 11 is 0. The van der Waals surface area contributed by atoms with Gasteiger partial charge in [0, 0.05) is 11.6 Å². The van der Waals surface area contributed by atoms with Crippen LogP contribution in [0.15, 0.2) is 54.7 Å². The van der Waals surface area contributed by atoms with E-state index >= 15 is 0 Å². The van der Waals surface area contributed by atoms with Crippen molar-refractivity contribution in [3.05, 3.63) is 77.2 Å². The van der Waals surface area contributed by atoms with Gasteiger partial charge in [0.25, 0.3) is 0 Å². The Morgan fingerprint density at radius 2 is 1.95 bits per heavy atom. The van der Waals surface area contributed by atoms with E-state index in [1.807, 2.05) is 30.3 Å². The van der Waals surface area contributed by atoms with Crippen LogP contribution in [0.4, 0.5) is 4.39 Å². The van der Waals surface area contributed by atoms with Crippen molar-refractivity contribution in [1.82, 2.24) is 4.98 Å². The lowest BCUT2D eigenvalue weighted by molar-refractivity contribution is 0.111. The van der Waals surface area contributed by atoms with Crippen LogP contribution in [0.3, 0.4) is 0 Å². The molecule has 0 aliphatic rings. The predicted octanol–water partition coefficient (Wildman–Crippen LogP) is 3.78. The average Bonchev–Trinajstić information content (AvgIpc) is 2.49. The summed E-state index contributed by atoms with van der Waals surface area (Å²) in [5, 5.41) is 1.08. The molecule has 0 bridgehead atoms. The monoisotopic (exact) mass is 265 g/mol. The molecular weight excluding hydrogens is 253 g/mol. The highest BCUT2D eigenvalue weighted by atomic mass is 19.1. The zero-order valence-electron chi connectivity index (χ0n) is 10.7. The van der Waals surface area contributed by atoms with Crippen molar-refractivity contribution >= 4 is 17.2 Å². The maximum absolute atomic E-state index is 13.3. The van der Waals surface area contributed by atoms with E-state index in [1.54, 1.807) is 18.3 Å². The summed E-state index contributed by atoms with van der Waals surface area (Å²) in [5.41, 5.74) is 3.05. The van der Waals surface area contributed by atoms with Gasteiger partial charge in [-0.15, -0.1) is 0 Å². The van der Waals surface area contributed by atoms with Crippen LogP contribution in [0, 0.1) is 5.82 Å². The van der Waals surface area contributed by atoms with Crippen molar-refractivity contribution in [3.8, 4) is 0 Å². The molecule has 0 N–H and O–H groups in total. The molecule has 0 saturated heterocycles. The molecule has 3 heteroatoms. The van der Waals surface area contributed by atoms with Crippen LogP contribution in [0.25, 0.3) is 10.9 Å². The fourth-order valence-electron chi connectivity index (χ4n) is 2.32. The van der Waals surface area contributed by atoms with Gasteiger partial charge in [-0.1, -0.05) is 24.3 Å². The van der Waals surface area contributed by atoms with Gasteiger partial charge in [0.2, 0.25) is 0 Å². The van der Waals surface area contributed by atoms with E-state index in [4.69, 9.17) is 0 Å². The van der Waals surface area contributed by atoms with E-state index in [0.29, 0.717) is 12.7 Å². The highest BCUT2D eigenvalue weighted by Crippen LogP contribution is 2.20. The van der Waals surface area contributed by atoms with Crippen LogP contribution in [0.5, 0.6) is 0 Å². The number of para-hydroxylation sites is 1. The maximum atomic E-state index is 13.3. The molecule has 0 atom stereocenters. The number of halogens is 1. The predicted molar refractivity (Wildman–Crippen MR) is 76.3 cm³/mol. The summed E-state index contributed by atoms with van der Waals surface area (Å²) in [6.45, 7) is 0. The maximum Gasteiger partial charge on any atom is 0.153 e.